The first kappa shape index (κ1) is 14.9. The summed E-state index contributed by atoms with van der Waals surface area (Å²) in [6.07, 6.45) is -0.557. The number of hydrogen-bond acceptors (Lipinski definition) is 1. The molecule has 2 aliphatic heterocycles. The van der Waals surface area contributed by atoms with Crippen LogP contribution in [-0.4, -0.2) is 27.7 Å². The average molecular weight is 362 g/mol. The minimum Gasteiger partial charge on any atom is -0.333 e. The van der Waals surface area contributed by atoms with Crippen LogP contribution in [0, 0.1) is 0 Å². The quantitative estimate of drug-likeness (QED) is 0.685. The third-order valence-corrected chi connectivity index (χ3v) is 5.12. The molecule has 0 aliphatic carbocycles. The molecule has 2 bridgehead atoms. The van der Waals surface area contributed by atoms with E-state index in [1.54, 1.807) is 0 Å². The van der Waals surface area contributed by atoms with Crippen LogP contribution in [0.3, 0.4) is 0 Å². The third-order valence-electron chi connectivity index (χ3n) is 4.37. The van der Waals surface area contributed by atoms with Crippen LogP contribution in [0.5, 0.6) is 0 Å². The fourth-order valence-electron chi connectivity index (χ4n) is 3.39. The Labute approximate surface area is 129 Å². The largest absolute Gasteiger partial charge is 0.416 e. The molecule has 114 valence electrons. The number of benzene rings is 1. The van der Waals surface area contributed by atoms with Crippen molar-refractivity contribution in [3.8, 4) is 0 Å². The summed E-state index contributed by atoms with van der Waals surface area (Å²) in [5.74, 6) is -0.143. The number of carbonyl (C=O) groups excluding carboxylic acids is 1. The maximum Gasteiger partial charge on any atom is 0.416 e. The Morgan fingerprint density at radius 1 is 1.10 bits per heavy atom. The summed E-state index contributed by atoms with van der Waals surface area (Å²) in [6, 6.07) is 4.94. The molecule has 2 unspecified atom stereocenters. The maximum atomic E-state index is 12.6. The Kier molecular flexibility index (Phi) is 3.76. The van der Waals surface area contributed by atoms with Crippen molar-refractivity contribution in [1.82, 2.24) is 4.90 Å². The number of carbonyl (C=O) groups is 1. The van der Waals surface area contributed by atoms with Gasteiger partial charge in [0, 0.05) is 22.5 Å². The van der Waals surface area contributed by atoms with Crippen molar-refractivity contribution >= 4 is 21.8 Å². The Morgan fingerprint density at radius 2 is 1.62 bits per heavy atom. The van der Waals surface area contributed by atoms with Gasteiger partial charge in [-0.1, -0.05) is 15.9 Å². The van der Waals surface area contributed by atoms with Crippen LogP contribution in [0.15, 0.2) is 24.3 Å². The predicted molar refractivity (Wildman–Crippen MR) is 76.4 cm³/mol. The van der Waals surface area contributed by atoms with Crippen molar-refractivity contribution in [2.24, 2.45) is 0 Å². The SMILES string of the molecule is O=C(c1ccc(C(F)(F)F)cc1)N1C2CCC1CC(Br)C2. The van der Waals surface area contributed by atoms with Crippen LogP contribution in [0.4, 0.5) is 13.2 Å². The van der Waals surface area contributed by atoms with Crippen LogP contribution in [0.1, 0.15) is 41.6 Å². The van der Waals surface area contributed by atoms with E-state index in [0.29, 0.717) is 10.4 Å². The molecule has 0 aromatic heterocycles. The molecule has 21 heavy (non-hydrogen) atoms. The number of fused-ring (bicyclic) bond motifs is 2. The molecule has 0 N–H and O–H groups in total. The number of halogens is 4. The standard InChI is InChI=1S/C15H15BrF3NO/c16-11-7-12-5-6-13(8-11)20(12)14(21)9-1-3-10(4-2-9)15(17,18)19/h1-4,11-13H,5-8H2. The van der Waals surface area contributed by atoms with Gasteiger partial charge >= 0.3 is 6.18 Å². The Balaban J connectivity index is 1.80. The summed E-state index contributed by atoms with van der Waals surface area (Å²) < 4.78 is 37.7. The van der Waals surface area contributed by atoms with Gasteiger partial charge in [-0.3, -0.25) is 4.79 Å². The van der Waals surface area contributed by atoms with E-state index in [1.807, 2.05) is 4.90 Å². The minimum absolute atomic E-state index is 0.143. The number of piperidine rings is 1. The first-order chi connectivity index (χ1) is 9.86. The molecule has 2 aliphatic rings. The summed E-state index contributed by atoms with van der Waals surface area (Å²) in [6.45, 7) is 0. The van der Waals surface area contributed by atoms with Crippen molar-refractivity contribution < 1.29 is 18.0 Å². The van der Waals surface area contributed by atoms with Gasteiger partial charge in [-0.15, -0.1) is 0 Å². The second kappa shape index (κ2) is 5.30. The van der Waals surface area contributed by atoms with Gasteiger partial charge in [0.2, 0.25) is 0 Å². The molecule has 2 nitrogen and oxygen atoms in total. The van der Waals surface area contributed by atoms with E-state index in [2.05, 4.69) is 15.9 Å². The number of amides is 1. The van der Waals surface area contributed by atoms with E-state index >= 15 is 0 Å². The average Bonchev–Trinajstić information content (AvgIpc) is 2.69. The fourth-order valence-corrected chi connectivity index (χ4v) is 4.26. The highest BCUT2D eigenvalue weighted by Crippen LogP contribution is 2.39. The number of alkyl halides is 4. The summed E-state index contributed by atoms with van der Waals surface area (Å²) in [5.41, 5.74) is -0.380. The van der Waals surface area contributed by atoms with Gasteiger partial charge in [0.1, 0.15) is 0 Å². The Bertz CT molecular complexity index is 529. The minimum atomic E-state index is -4.37. The van der Waals surface area contributed by atoms with Gasteiger partial charge in [0.25, 0.3) is 5.91 Å². The molecule has 6 heteroatoms. The molecule has 2 atom stereocenters. The van der Waals surface area contributed by atoms with E-state index in [0.717, 1.165) is 37.8 Å². The smallest absolute Gasteiger partial charge is 0.333 e. The Hall–Kier alpha value is -1.04. The van der Waals surface area contributed by atoms with Crippen molar-refractivity contribution in [2.75, 3.05) is 0 Å². The highest BCUT2D eigenvalue weighted by Gasteiger charge is 2.42. The van der Waals surface area contributed by atoms with Gasteiger partial charge in [0.15, 0.2) is 0 Å². The fraction of sp³-hybridized carbons (Fsp3) is 0.533. The van der Waals surface area contributed by atoms with Gasteiger partial charge in [0.05, 0.1) is 5.56 Å². The summed E-state index contributed by atoms with van der Waals surface area (Å²) in [4.78, 5) is 14.9. The van der Waals surface area contributed by atoms with Crippen LogP contribution >= 0.6 is 15.9 Å². The number of hydrogen-bond donors (Lipinski definition) is 0. The lowest BCUT2D eigenvalue weighted by Crippen LogP contribution is -2.46. The summed E-state index contributed by atoms with van der Waals surface area (Å²) in [7, 11) is 0. The van der Waals surface area contributed by atoms with E-state index in [-0.39, 0.29) is 18.0 Å². The molecule has 2 saturated heterocycles. The summed E-state index contributed by atoms with van der Waals surface area (Å²) in [5, 5.41) is 0. The molecular weight excluding hydrogens is 347 g/mol. The lowest BCUT2D eigenvalue weighted by molar-refractivity contribution is -0.137. The zero-order valence-corrected chi connectivity index (χ0v) is 12.8. The van der Waals surface area contributed by atoms with Gasteiger partial charge < -0.3 is 4.90 Å². The predicted octanol–water partition coefficient (Wildman–Crippen LogP) is 4.24. The monoisotopic (exact) mass is 361 g/mol. The molecule has 2 heterocycles. The first-order valence-corrected chi connectivity index (χ1v) is 7.92. The van der Waals surface area contributed by atoms with Crippen LogP contribution in [0.25, 0.3) is 0 Å². The molecule has 1 aromatic rings. The van der Waals surface area contributed by atoms with Gasteiger partial charge in [-0.2, -0.15) is 13.2 Å². The Morgan fingerprint density at radius 3 is 2.10 bits per heavy atom. The molecule has 3 rings (SSSR count). The molecule has 0 saturated carbocycles. The second-order valence-electron chi connectivity index (χ2n) is 5.74. The maximum absolute atomic E-state index is 12.6. The molecule has 0 radical (unpaired) electrons. The molecule has 2 fully saturated rings. The van der Waals surface area contributed by atoms with Crippen molar-refractivity contribution in [3.05, 3.63) is 35.4 Å². The third kappa shape index (κ3) is 2.82. The normalized spacial score (nSPS) is 28.8. The van der Waals surface area contributed by atoms with Gasteiger partial charge in [-0.05, 0) is 49.9 Å². The van der Waals surface area contributed by atoms with E-state index in [1.165, 1.54) is 12.1 Å². The number of rotatable bonds is 1. The highest BCUT2D eigenvalue weighted by molar-refractivity contribution is 9.09. The second-order valence-corrected chi connectivity index (χ2v) is 7.04. The lowest BCUT2D eigenvalue weighted by Gasteiger charge is -2.37. The van der Waals surface area contributed by atoms with E-state index in [9.17, 15) is 18.0 Å². The van der Waals surface area contributed by atoms with E-state index in [4.69, 9.17) is 0 Å². The van der Waals surface area contributed by atoms with Gasteiger partial charge in [-0.25, -0.2) is 0 Å². The zero-order valence-electron chi connectivity index (χ0n) is 11.2. The molecular formula is C15H15BrF3NO. The molecule has 1 amide bonds. The van der Waals surface area contributed by atoms with Crippen LogP contribution < -0.4 is 0 Å². The van der Waals surface area contributed by atoms with Crippen molar-refractivity contribution in [1.29, 1.82) is 0 Å². The summed E-state index contributed by atoms with van der Waals surface area (Å²) >= 11 is 3.61. The zero-order chi connectivity index (χ0) is 15.2. The number of nitrogens with zero attached hydrogens (tertiary/aromatic N) is 1. The van der Waals surface area contributed by atoms with Crippen molar-refractivity contribution in [2.45, 2.75) is 48.8 Å². The first-order valence-electron chi connectivity index (χ1n) is 7.00. The van der Waals surface area contributed by atoms with E-state index < -0.39 is 11.7 Å². The van der Waals surface area contributed by atoms with Crippen LogP contribution in [0.2, 0.25) is 0 Å². The topological polar surface area (TPSA) is 20.3 Å². The molecule has 1 aromatic carbocycles. The van der Waals surface area contributed by atoms with Crippen molar-refractivity contribution in [3.63, 3.8) is 0 Å². The van der Waals surface area contributed by atoms with Crippen LogP contribution in [-0.2, 0) is 6.18 Å². The molecule has 0 spiro atoms. The highest BCUT2D eigenvalue weighted by atomic mass is 79.9. The lowest BCUT2D eigenvalue weighted by atomic mass is 10.0.